The lowest BCUT2D eigenvalue weighted by molar-refractivity contribution is -0.384. The smallest absolute Gasteiger partial charge is 0.269 e. The van der Waals surface area contributed by atoms with Crippen LogP contribution in [0.1, 0.15) is 0 Å². The summed E-state index contributed by atoms with van der Waals surface area (Å²) in [4.78, 5) is 36.3. The van der Waals surface area contributed by atoms with Crippen molar-refractivity contribution in [3.63, 3.8) is 0 Å². The van der Waals surface area contributed by atoms with Gasteiger partial charge in [-0.15, -0.1) is 0 Å². The number of amides is 1. The number of benzene rings is 2. The van der Waals surface area contributed by atoms with Gasteiger partial charge in [0.15, 0.2) is 4.60 Å². The van der Waals surface area contributed by atoms with Crippen LogP contribution in [0, 0.1) is 10.1 Å². The Morgan fingerprint density at radius 2 is 1.88 bits per heavy atom. The maximum absolute atomic E-state index is 12.6. The van der Waals surface area contributed by atoms with Gasteiger partial charge in [-0.25, -0.2) is 0 Å². The molecule has 0 saturated heterocycles. The van der Waals surface area contributed by atoms with Crippen LogP contribution in [0.3, 0.4) is 0 Å². The minimum atomic E-state index is -0.500. The number of likely N-dealkylation sites (N-methyl/N-ethyl adjacent to an activating group) is 1. The summed E-state index contributed by atoms with van der Waals surface area (Å²) in [7, 11) is 1.57. The first-order valence-corrected chi connectivity index (χ1v) is 8.34. The second kappa shape index (κ2) is 7.04. The van der Waals surface area contributed by atoms with Crippen LogP contribution in [0.4, 0.5) is 11.4 Å². The summed E-state index contributed by atoms with van der Waals surface area (Å²) >= 11 is 3.13. The Labute approximate surface area is 155 Å². The topological polar surface area (TPSA) is 98.3 Å². The summed E-state index contributed by atoms with van der Waals surface area (Å²) in [6, 6.07) is 12.6. The normalized spacial score (nSPS) is 10.7. The third-order valence-corrected chi connectivity index (χ3v) is 4.45. The first-order chi connectivity index (χ1) is 12.4. The van der Waals surface area contributed by atoms with Gasteiger partial charge in [-0.1, -0.05) is 12.1 Å². The molecule has 0 atom stereocenters. The molecule has 0 radical (unpaired) electrons. The maximum atomic E-state index is 12.6. The van der Waals surface area contributed by atoms with Crippen molar-refractivity contribution in [1.29, 1.82) is 0 Å². The van der Waals surface area contributed by atoms with Crippen LogP contribution >= 0.6 is 15.9 Å². The zero-order valence-electron chi connectivity index (χ0n) is 13.6. The average molecular weight is 417 g/mol. The van der Waals surface area contributed by atoms with Crippen molar-refractivity contribution in [2.45, 2.75) is 6.54 Å². The van der Waals surface area contributed by atoms with Crippen molar-refractivity contribution in [2.24, 2.45) is 0 Å². The molecule has 1 heterocycles. The number of para-hydroxylation sites is 1. The highest BCUT2D eigenvalue weighted by Crippen LogP contribution is 2.19. The molecule has 0 bridgehead atoms. The molecule has 3 rings (SSSR count). The van der Waals surface area contributed by atoms with Crippen molar-refractivity contribution < 1.29 is 9.72 Å². The number of aromatic nitrogens is 2. The van der Waals surface area contributed by atoms with E-state index in [1.54, 1.807) is 31.3 Å². The number of nitrogens with zero attached hydrogens (tertiary/aromatic N) is 4. The summed E-state index contributed by atoms with van der Waals surface area (Å²) in [5.74, 6) is -0.285. The highest BCUT2D eigenvalue weighted by atomic mass is 79.9. The lowest BCUT2D eigenvalue weighted by Gasteiger charge is -2.18. The standard InChI is InChI=1S/C17H13BrN4O4/c1-20(11-6-8-12(9-7-11)22(25)26)15(23)10-21-14-5-3-2-4-13(14)16(24)17(18)19-21/h2-9H,10H2,1H3. The molecule has 0 aliphatic carbocycles. The third kappa shape index (κ3) is 3.33. The van der Waals surface area contributed by atoms with Crippen molar-refractivity contribution in [2.75, 3.05) is 11.9 Å². The number of rotatable bonds is 4. The number of hydrogen-bond acceptors (Lipinski definition) is 5. The Balaban J connectivity index is 1.90. The van der Waals surface area contributed by atoms with E-state index in [4.69, 9.17) is 0 Å². The second-order valence-electron chi connectivity index (χ2n) is 5.52. The summed E-state index contributed by atoms with van der Waals surface area (Å²) in [6.45, 7) is -0.0904. The molecule has 26 heavy (non-hydrogen) atoms. The number of fused-ring (bicyclic) bond motifs is 1. The third-order valence-electron chi connectivity index (χ3n) is 3.93. The van der Waals surface area contributed by atoms with Crippen LogP contribution in [0.15, 0.2) is 57.9 Å². The van der Waals surface area contributed by atoms with Crippen LogP contribution in [0.5, 0.6) is 0 Å². The van der Waals surface area contributed by atoms with Crippen molar-refractivity contribution in [3.8, 4) is 0 Å². The van der Waals surface area contributed by atoms with Crippen molar-refractivity contribution in [3.05, 3.63) is 73.5 Å². The van der Waals surface area contributed by atoms with E-state index < -0.39 is 4.92 Å². The Morgan fingerprint density at radius 3 is 2.54 bits per heavy atom. The minimum Gasteiger partial charge on any atom is -0.314 e. The number of nitro benzene ring substituents is 1. The molecular formula is C17H13BrN4O4. The molecule has 3 aromatic rings. The van der Waals surface area contributed by atoms with Gasteiger partial charge in [-0.05, 0) is 40.2 Å². The highest BCUT2D eigenvalue weighted by Gasteiger charge is 2.16. The molecular weight excluding hydrogens is 404 g/mol. The number of carbonyl (C=O) groups is 1. The van der Waals surface area contributed by atoms with E-state index >= 15 is 0 Å². The van der Waals surface area contributed by atoms with E-state index in [1.807, 2.05) is 0 Å². The molecule has 2 aromatic carbocycles. The average Bonchev–Trinajstić information content (AvgIpc) is 2.65. The molecule has 9 heteroatoms. The predicted octanol–water partition coefficient (Wildman–Crippen LogP) is 2.73. The quantitative estimate of drug-likeness (QED) is 0.480. The number of carbonyl (C=O) groups excluding carboxylic acids is 1. The van der Waals surface area contributed by atoms with Gasteiger partial charge in [-0.3, -0.25) is 24.4 Å². The van der Waals surface area contributed by atoms with Gasteiger partial charge in [0.25, 0.3) is 5.69 Å². The van der Waals surface area contributed by atoms with Gasteiger partial charge in [0.1, 0.15) is 6.54 Å². The van der Waals surface area contributed by atoms with Crippen LogP contribution in [0.2, 0.25) is 0 Å². The van der Waals surface area contributed by atoms with Crippen LogP contribution in [0.25, 0.3) is 10.9 Å². The molecule has 1 aromatic heterocycles. The van der Waals surface area contributed by atoms with Gasteiger partial charge >= 0.3 is 0 Å². The monoisotopic (exact) mass is 416 g/mol. The second-order valence-corrected chi connectivity index (χ2v) is 6.27. The number of non-ortho nitro benzene ring substituents is 1. The predicted molar refractivity (Wildman–Crippen MR) is 100 cm³/mol. The van der Waals surface area contributed by atoms with E-state index in [1.165, 1.54) is 33.8 Å². The maximum Gasteiger partial charge on any atom is 0.269 e. The zero-order chi connectivity index (χ0) is 18.8. The summed E-state index contributed by atoms with van der Waals surface area (Å²) < 4.78 is 1.58. The lowest BCUT2D eigenvalue weighted by Crippen LogP contribution is -2.31. The molecule has 0 unspecified atom stereocenters. The van der Waals surface area contributed by atoms with Gasteiger partial charge in [0.05, 0.1) is 15.8 Å². The van der Waals surface area contributed by atoms with Crippen molar-refractivity contribution in [1.82, 2.24) is 9.78 Å². The van der Waals surface area contributed by atoms with Crippen LogP contribution in [-0.2, 0) is 11.3 Å². The highest BCUT2D eigenvalue weighted by molar-refractivity contribution is 9.10. The Morgan fingerprint density at radius 1 is 1.23 bits per heavy atom. The fraction of sp³-hybridized carbons (Fsp3) is 0.118. The Bertz CT molecular complexity index is 1060. The molecule has 0 N–H and O–H groups in total. The molecule has 1 amide bonds. The molecule has 0 spiro atoms. The molecule has 8 nitrogen and oxygen atoms in total. The largest absolute Gasteiger partial charge is 0.314 e. The van der Waals surface area contributed by atoms with Gasteiger partial charge in [-0.2, -0.15) is 5.10 Å². The van der Waals surface area contributed by atoms with E-state index in [0.717, 1.165) is 0 Å². The van der Waals surface area contributed by atoms with Crippen LogP contribution in [-0.4, -0.2) is 27.7 Å². The minimum absolute atomic E-state index is 0.0494. The van der Waals surface area contributed by atoms with E-state index in [-0.39, 0.29) is 28.2 Å². The van der Waals surface area contributed by atoms with Crippen LogP contribution < -0.4 is 10.3 Å². The fourth-order valence-electron chi connectivity index (χ4n) is 2.50. The Kier molecular flexibility index (Phi) is 4.81. The lowest BCUT2D eigenvalue weighted by atomic mass is 10.2. The van der Waals surface area contributed by atoms with E-state index in [0.29, 0.717) is 16.6 Å². The van der Waals surface area contributed by atoms with Gasteiger partial charge in [0.2, 0.25) is 11.3 Å². The molecule has 132 valence electrons. The molecule has 0 saturated carbocycles. The summed E-state index contributed by atoms with van der Waals surface area (Å²) in [6.07, 6.45) is 0. The zero-order valence-corrected chi connectivity index (χ0v) is 15.2. The summed E-state index contributed by atoms with van der Waals surface area (Å²) in [5.41, 5.74) is 0.774. The van der Waals surface area contributed by atoms with Gasteiger partial charge in [0, 0.05) is 24.9 Å². The molecule has 0 aliphatic heterocycles. The summed E-state index contributed by atoms with van der Waals surface area (Å²) in [5, 5.41) is 15.3. The first-order valence-electron chi connectivity index (χ1n) is 7.55. The number of anilines is 1. The number of hydrogen-bond donors (Lipinski definition) is 0. The number of nitro groups is 1. The molecule has 0 aliphatic rings. The van der Waals surface area contributed by atoms with E-state index in [9.17, 15) is 19.7 Å². The first kappa shape index (κ1) is 17.7. The fourth-order valence-corrected chi connectivity index (χ4v) is 2.91. The SMILES string of the molecule is CN(C(=O)Cn1nc(Br)c(=O)c2ccccc21)c1ccc([N+](=O)[O-])cc1. The van der Waals surface area contributed by atoms with Gasteiger partial charge < -0.3 is 4.90 Å². The number of halogens is 1. The Hall–Kier alpha value is -3.07. The van der Waals surface area contributed by atoms with E-state index in [2.05, 4.69) is 21.0 Å². The molecule has 0 fully saturated rings. The van der Waals surface area contributed by atoms with Crippen molar-refractivity contribution >= 4 is 44.1 Å².